The minimum absolute atomic E-state index is 0.284. The summed E-state index contributed by atoms with van der Waals surface area (Å²) in [5.41, 5.74) is 1.49. The Morgan fingerprint density at radius 3 is 2.62 bits per heavy atom. The Kier molecular flexibility index (Phi) is 3.75. The highest BCUT2D eigenvalue weighted by molar-refractivity contribution is 5.88. The molecule has 2 N–H and O–H groups in total. The summed E-state index contributed by atoms with van der Waals surface area (Å²) in [5, 5.41) is 14.1. The first-order chi connectivity index (χ1) is 10.2. The van der Waals surface area contributed by atoms with Gasteiger partial charge in [0.2, 0.25) is 0 Å². The van der Waals surface area contributed by atoms with E-state index in [-0.39, 0.29) is 12.4 Å². The van der Waals surface area contributed by atoms with E-state index < -0.39 is 6.10 Å². The van der Waals surface area contributed by atoms with Crippen LogP contribution < -0.4 is 5.32 Å². The second kappa shape index (κ2) is 5.85. The highest BCUT2D eigenvalue weighted by Crippen LogP contribution is 2.20. The maximum absolute atomic E-state index is 12.9. The topological polar surface area (TPSA) is 58.0 Å². The molecule has 2 aromatic carbocycles. The van der Waals surface area contributed by atoms with E-state index in [1.165, 1.54) is 18.5 Å². The van der Waals surface area contributed by atoms with Gasteiger partial charge in [-0.25, -0.2) is 14.4 Å². The minimum Gasteiger partial charge on any atom is -0.387 e. The lowest BCUT2D eigenvalue weighted by atomic mass is 10.1. The van der Waals surface area contributed by atoms with Crippen LogP contribution in [-0.4, -0.2) is 21.6 Å². The molecule has 0 spiro atoms. The molecule has 0 aliphatic carbocycles. The molecule has 1 aromatic heterocycles. The zero-order chi connectivity index (χ0) is 14.7. The van der Waals surface area contributed by atoms with Gasteiger partial charge in [0.15, 0.2) is 0 Å². The van der Waals surface area contributed by atoms with E-state index >= 15 is 0 Å². The summed E-state index contributed by atoms with van der Waals surface area (Å²) in [7, 11) is 0. The summed E-state index contributed by atoms with van der Waals surface area (Å²) in [5.74, 6) is 0.350. The maximum Gasteiger partial charge on any atom is 0.137 e. The predicted octanol–water partition coefficient (Wildman–Crippen LogP) is 2.91. The van der Waals surface area contributed by atoms with Crippen LogP contribution in [0.3, 0.4) is 0 Å². The number of aliphatic hydroxyl groups is 1. The molecule has 1 unspecified atom stereocenters. The largest absolute Gasteiger partial charge is 0.387 e. The molecular formula is C16H14FN3O. The normalized spacial score (nSPS) is 12.3. The van der Waals surface area contributed by atoms with Crippen molar-refractivity contribution >= 4 is 16.7 Å². The average molecular weight is 283 g/mol. The molecular weight excluding hydrogens is 269 g/mol. The van der Waals surface area contributed by atoms with Gasteiger partial charge in [-0.2, -0.15) is 0 Å². The van der Waals surface area contributed by atoms with E-state index in [0.29, 0.717) is 11.4 Å². The van der Waals surface area contributed by atoms with Gasteiger partial charge in [-0.15, -0.1) is 0 Å². The van der Waals surface area contributed by atoms with E-state index in [0.717, 1.165) is 10.9 Å². The van der Waals surface area contributed by atoms with Gasteiger partial charge in [-0.3, -0.25) is 0 Å². The fraction of sp³-hybridized carbons (Fsp3) is 0.125. The summed E-state index contributed by atoms with van der Waals surface area (Å²) in [6, 6.07) is 13.4. The number of nitrogens with zero attached hydrogens (tertiary/aromatic N) is 2. The van der Waals surface area contributed by atoms with Crippen molar-refractivity contribution in [2.45, 2.75) is 6.10 Å². The van der Waals surface area contributed by atoms with E-state index in [2.05, 4.69) is 15.3 Å². The molecule has 106 valence electrons. The summed E-state index contributed by atoms with van der Waals surface area (Å²) < 4.78 is 12.9. The van der Waals surface area contributed by atoms with Gasteiger partial charge in [-0.1, -0.05) is 24.3 Å². The molecule has 0 aliphatic rings. The second-order valence-electron chi connectivity index (χ2n) is 4.69. The molecule has 21 heavy (non-hydrogen) atoms. The van der Waals surface area contributed by atoms with Gasteiger partial charge in [-0.05, 0) is 29.8 Å². The fourth-order valence-electron chi connectivity index (χ4n) is 2.14. The Morgan fingerprint density at radius 1 is 1.05 bits per heavy atom. The van der Waals surface area contributed by atoms with Gasteiger partial charge in [0.05, 0.1) is 11.6 Å². The number of halogens is 1. The van der Waals surface area contributed by atoms with Crippen molar-refractivity contribution in [1.82, 2.24) is 9.97 Å². The number of fused-ring (bicyclic) bond motifs is 1. The second-order valence-corrected chi connectivity index (χ2v) is 4.69. The molecule has 4 nitrogen and oxygen atoms in total. The minimum atomic E-state index is -0.737. The Balaban J connectivity index is 1.76. The third-order valence-electron chi connectivity index (χ3n) is 3.26. The highest BCUT2D eigenvalue weighted by atomic mass is 19.1. The Bertz CT molecular complexity index is 741. The SMILES string of the molecule is OC(CNc1ncnc2ccccc12)c1ccc(F)cc1. The van der Waals surface area contributed by atoms with Crippen molar-refractivity contribution in [2.75, 3.05) is 11.9 Å². The summed E-state index contributed by atoms with van der Waals surface area (Å²) in [6.45, 7) is 0.284. The monoisotopic (exact) mass is 283 g/mol. The molecule has 1 heterocycles. The first-order valence-corrected chi connectivity index (χ1v) is 6.61. The number of hydrogen-bond donors (Lipinski definition) is 2. The van der Waals surface area contributed by atoms with Crippen molar-refractivity contribution in [3.8, 4) is 0 Å². The van der Waals surface area contributed by atoms with E-state index in [9.17, 15) is 9.50 Å². The molecule has 0 saturated carbocycles. The van der Waals surface area contributed by atoms with Crippen LogP contribution in [-0.2, 0) is 0 Å². The van der Waals surface area contributed by atoms with Crippen LogP contribution in [0, 0.1) is 5.82 Å². The summed E-state index contributed by atoms with van der Waals surface area (Å²) in [4.78, 5) is 8.37. The summed E-state index contributed by atoms with van der Waals surface area (Å²) in [6.07, 6.45) is 0.744. The number of nitrogens with one attached hydrogen (secondary N) is 1. The Morgan fingerprint density at radius 2 is 1.81 bits per heavy atom. The zero-order valence-corrected chi connectivity index (χ0v) is 11.2. The number of hydrogen-bond acceptors (Lipinski definition) is 4. The van der Waals surface area contributed by atoms with Crippen molar-refractivity contribution in [2.24, 2.45) is 0 Å². The van der Waals surface area contributed by atoms with Crippen molar-refractivity contribution in [3.05, 3.63) is 66.2 Å². The lowest BCUT2D eigenvalue weighted by molar-refractivity contribution is 0.191. The van der Waals surface area contributed by atoms with E-state index in [1.54, 1.807) is 12.1 Å². The molecule has 3 rings (SSSR count). The smallest absolute Gasteiger partial charge is 0.137 e. The molecule has 0 radical (unpaired) electrons. The maximum atomic E-state index is 12.9. The standard InChI is InChI=1S/C16H14FN3O/c17-12-7-5-11(6-8-12)15(21)9-18-16-13-3-1-2-4-14(13)19-10-20-16/h1-8,10,15,21H,9H2,(H,18,19,20). The van der Waals surface area contributed by atoms with Crippen molar-refractivity contribution in [1.29, 1.82) is 0 Å². The number of aromatic nitrogens is 2. The third kappa shape index (κ3) is 2.98. The molecule has 3 aromatic rings. The summed E-state index contributed by atoms with van der Waals surface area (Å²) >= 11 is 0. The van der Waals surface area contributed by atoms with Crippen LogP contribution in [0.2, 0.25) is 0 Å². The lowest BCUT2D eigenvalue weighted by Crippen LogP contribution is -2.13. The van der Waals surface area contributed by atoms with Crippen LogP contribution in [0.15, 0.2) is 54.9 Å². The Hall–Kier alpha value is -2.53. The number of aliphatic hydroxyl groups excluding tert-OH is 1. The molecule has 1 atom stereocenters. The molecule has 0 amide bonds. The number of anilines is 1. The number of benzene rings is 2. The van der Waals surface area contributed by atoms with E-state index in [1.807, 2.05) is 24.3 Å². The first-order valence-electron chi connectivity index (χ1n) is 6.61. The van der Waals surface area contributed by atoms with E-state index in [4.69, 9.17) is 0 Å². The molecule has 0 fully saturated rings. The van der Waals surface area contributed by atoms with Gasteiger partial charge in [0.25, 0.3) is 0 Å². The van der Waals surface area contributed by atoms with Crippen LogP contribution in [0.1, 0.15) is 11.7 Å². The lowest BCUT2D eigenvalue weighted by Gasteiger charge is -2.13. The molecule has 0 aliphatic heterocycles. The van der Waals surface area contributed by atoms with Gasteiger partial charge in [0, 0.05) is 11.9 Å². The van der Waals surface area contributed by atoms with Crippen LogP contribution in [0.25, 0.3) is 10.9 Å². The van der Waals surface area contributed by atoms with Crippen molar-refractivity contribution in [3.63, 3.8) is 0 Å². The number of rotatable bonds is 4. The quantitative estimate of drug-likeness (QED) is 0.773. The van der Waals surface area contributed by atoms with Gasteiger partial charge >= 0.3 is 0 Å². The zero-order valence-electron chi connectivity index (χ0n) is 11.2. The molecule has 0 bridgehead atoms. The predicted molar refractivity (Wildman–Crippen MR) is 79.4 cm³/mol. The van der Waals surface area contributed by atoms with Crippen LogP contribution in [0.5, 0.6) is 0 Å². The fourth-order valence-corrected chi connectivity index (χ4v) is 2.14. The van der Waals surface area contributed by atoms with Crippen LogP contribution in [0.4, 0.5) is 10.2 Å². The average Bonchev–Trinajstić information content (AvgIpc) is 2.53. The van der Waals surface area contributed by atoms with Crippen LogP contribution >= 0.6 is 0 Å². The third-order valence-corrected chi connectivity index (χ3v) is 3.26. The molecule has 5 heteroatoms. The highest BCUT2D eigenvalue weighted by Gasteiger charge is 2.09. The number of para-hydroxylation sites is 1. The first kappa shape index (κ1) is 13.5. The Labute approximate surface area is 121 Å². The molecule has 0 saturated heterocycles. The van der Waals surface area contributed by atoms with Gasteiger partial charge in [0.1, 0.15) is 18.0 Å². The van der Waals surface area contributed by atoms with Gasteiger partial charge < -0.3 is 10.4 Å². The van der Waals surface area contributed by atoms with Crippen molar-refractivity contribution < 1.29 is 9.50 Å².